The van der Waals surface area contributed by atoms with Crippen molar-refractivity contribution in [3.8, 4) is 11.6 Å². The predicted molar refractivity (Wildman–Crippen MR) is 58.1 cm³/mol. The van der Waals surface area contributed by atoms with Gasteiger partial charge in [0.15, 0.2) is 17.3 Å². The van der Waals surface area contributed by atoms with E-state index in [1.165, 1.54) is 7.11 Å². The van der Waals surface area contributed by atoms with E-state index in [0.29, 0.717) is 11.6 Å². The molecule has 0 bridgehead atoms. The molecule has 0 saturated heterocycles. The molecule has 2 rings (SSSR count). The summed E-state index contributed by atoms with van der Waals surface area (Å²) >= 11 is 0. The molecule has 0 N–H and O–H groups in total. The standard InChI is InChI=1S/C10H10N4O2/c1-7-5-14(6-12-7)10-9(13-15)8(16-2)3-4-11-10/h3-6H,1-2H3. The number of aromatic nitrogens is 3. The number of ether oxygens (including phenoxy) is 1. The number of hydrogen-bond donors (Lipinski definition) is 0. The molecule has 0 spiro atoms. The molecule has 2 aromatic heterocycles. The fourth-order valence-corrected chi connectivity index (χ4v) is 1.40. The summed E-state index contributed by atoms with van der Waals surface area (Å²) in [5.74, 6) is 0.807. The second-order valence-electron chi connectivity index (χ2n) is 3.20. The van der Waals surface area contributed by atoms with Crippen LogP contribution in [0.3, 0.4) is 0 Å². The number of rotatable bonds is 3. The molecule has 2 heterocycles. The Bertz CT molecular complexity index is 521. The van der Waals surface area contributed by atoms with E-state index in [2.05, 4.69) is 15.1 Å². The van der Waals surface area contributed by atoms with Crippen LogP contribution in [0.25, 0.3) is 5.82 Å². The van der Waals surface area contributed by atoms with Crippen LogP contribution < -0.4 is 4.74 Å². The highest BCUT2D eigenvalue weighted by atomic mass is 16.5. The van der Waals surface area contributed by atoms with Crippen LogP contribution in [0.2, 0.25) is 0 Å². The van der Waals surface area contributed by atoms with Crippen molar-refractivity contribution in [2.45, 2.75) is 6.92 Å². The Labute approximate surface area is 91.9 Å². The van der Waals surface area contributed by atoms with Crippen LogP contribution >= 0.6 is 0 Å². The smallest absolute Gasteiger partial charge is 0.192 e. The summed E-state index contributed by atoms with van der Waals surface area (Å²) in [4.78, 5) is 18.9. The Morgan fingerprint density at radius 3 is 2.81 bits per heavy atom. The summed E-state index contributed by atoms with van der Waals surface area (Å²) in [6.07, 6.45) is 4.89. The van der Waals surface area contributed by atoms with Crippen LogP contribution in [0.5, 0.6) is 5.75 Å². The quantitative estimate of drug-likeness (QED) is 0.738. The number of nitrogens with zero attached hydrogens (tertiary/aromatic N) is 4. The van der Waals surface area contributed by atoms with Crippen molar-refractivity contribution in [2.75, 3.05) is 7.11 Å². The van der Waals surface area contributed by atoms with Crippen molar-refractivity contribution < 1.29 is 4.74 Å². The van der Waals surface area contributed by atoms with Gasteiger partial charge in [0.05, 0.1) is 12.8 Å². The average molecular weight is 218 g/mol. The third-order valence-corrected chi connectivity index (χ3v) is 2.14. The second kappa shape index (κ2) is 4.09. The largest absolute Gasteiger partial charge is 0.494 e. The van der Waals surface area contributed by atoms with Crippen LogP contribution in [0.4, 0.5) is 5.69 Å². The zero-order valence-corrected chi connectivity index (χ0v) is 8.91. The van der Waals surface area contributed by atoms with Gasteiger partial charge in [0.25, 0.3) is 0 Å². The summed E-state index contributed by atoms with van der Waals surface area (Å²) in [5, 5.41) is 2.94. The number of aryl methyl sites for hydroxylation is 1. The molecular weight excluding hydrogens is 208 g/mol. The van der Waals surface area contributed by atoms with Gasteiger partial charge in [-0.2, -0.15) is 0 Å². The molecule has 0 saturated carbocycles. The highest BCUT2D eigenvalue weighted by molar-refractivity contribution is 5.61. The molecule has 16 heavy (non-hydrogen) atoms. The molecule has 0 atom stereocenters. The zero-order chi connectivity index (χ0) is 11.5. The number of hydrogen-bond acceptors (Lipinski definition) is 5. The van der Waals surface area contributed by atoms with Crippen LogP contribution in [0, 0.1) is 11.8 Å². The van der Waals surface area contributed by atoms with Gasteiger partial charge < -0.3 is 4.74 Å². The lowest BCUT2D eigenvalue weighted by Gasteiger charge is -2.06. The van der Waals surface area contributed by atoms with Crippen LogP contribution in [0.1, 0.15) is 5.69 Å². The molecule has 0 radical (unpaired) electrons. The number of pyridine rings is 1. The van der Waals surface area contributed by atoms with Crippen molar-refractivity contribution in [1.82, 2.24) is 14.5 Å². The molecule has 6 nitrogen and oxygen atoms in total. The van der Waals surface area contributed by atoms with E-state index in [9.17, 15) is 4.91 Å². The Balaban J connectivity index is 2.60. The molecule has 0 unspecified atom stereocenters. The molecule has 6 heteroatoms. The van der Waals surface area contributed by atoms with Gasteiger partial charge in [0.1, 0.15) is 6.33 Å². The van der Waals surface area contributed by atoms with Crippen molar-refractivity contribution in [3.63, 3.8) is 0 Å². The van der Waals surface area contributed by atoms with E-state index in [1.807, 2.05) is 6.92 Å². The fourth-order valence-electron chi connectivity index (χ4n) is 1.40. The summed E-state index contributed by atoms with van der Waals surface area (Å²) < 4.78 is 6.67. The summed E-state index contributed by atoms with van der Waals surface area (Å²) in [6, 6.07) is 1.59. The molecule has 0 aliphatic carbocycles. The Morgan fingerprint density at radius 2 is 2.25 bits per heavy atom. The molecule has 0 aromatic carbocycles. The lowest BCUT2D eigenvalue weighted by atomic mass is 10.3. The SMILES string of the molecule is COc1ccnc(-n2cnc(C)c2)c1N=O. The molecular formula is C10H10N4O2. The third kappa shape index (κ3) is 1.65. The summed E-state index contributed by atoms with van der Waals surface area (Å²) in [7, 11) is 1.48. The zero-order valence-electron chi connectivity index (χ0n) is 8.91. The van der Waals surface area contributed by atoms with E-state index in [1.54, 1.807) is 29.4 Å². The van der Waals surface area contributed by atoms with Crippen molar-refractivity contribution in [1.29, 1.82) is 0 Å². The molecule has 0 amide bonds. The maximum absolute atomic E-state index is 10.8. The highest BCUT2D eigenvalue weighted by Crippen LogP contribution is 2.31. The van der Waals surface area contributed by atoms with Crippen molar-refractivity contribution >= 4 is 5.69 Å². The lowest BCUT2D eigenvalue weighted by Crippen LogP contribution is -1.96. The van der Waals surface area contributed by atoms with Gasteiger partial charge in [-0.25, -0.2) is 9.97 Å². The van der Waals surface area contributed by atoms with E-state index in [0.717, 1.165) is 5.69 Å². The summed E-state index contributed by atoms with van der Waals surface area (Å²) in [6.45, 7) is 1.85. The summed E-state index contributed by atoms with van der Waals surface area (Å²) in [5.41, 5.74) is 1.00. The van der Waals surface area contributed by atoms with Crippen molar-refractivity contribution in [3.05, 3.63) is 35.4 Å². The van der Waals surface area contributed by atoms with Gasteiger partial charge in [-0.1, -0.05) is 0 Å². The Kier molecular flexibility index (Phi) is 2.63. The first-order valence-corrected chi connectivity index (χ1v) is 4.63. The van der Waals surface area contributed by atoms with Crippen LogP contribution in [-0.4, -0.2) is 21.6 Å². The lowest BCUT2D eigenvalue weighted by molar-refractivity contribution is 0.415. The fraction of sp³-hybridized carbons (Fsp3) is 0.200. The van der Waals surface area contributed by atoms with Gasteiger partial charge in [-0.05, 0) is 12.1 Å². The molecule has 0 aliphatic heterocycles. The van der Waals surface area contributed by atoms with E-state index in [4.69, 9.17) is 4.74 Å². The second-order valence-corrected chi connectivity index (χ2v) is 3.20. The van der Waals surface area contributed by atoms with Gasteiger partial charge in [-0.3, -0.25) is 4.57 Å². The average Bonchev–Trinajstić information content (AvgIpc) is 2.74. The maximum Gasteiger partial charge on any atom is 0.192 e. The van der Waals surface area contributed by atoms with Gasteiger partial charge in [-0.15, -0.1) is 4.91 Å². The number of methoxy groups -OCH3 is 1. The van der Waals surface area contributed by atoms with Crippen LogP contribution in [0.15, 0.2) is 30.0 Å². The minimum atomic E-state index is 0.169. The van der Waals surface area contributed by atoms with E-state index < -0.39 is 0 Å². The normalized spacial score (nSPS) is 10.1. The molecule has 2 aromatic rings. The minimum absolute atomic E-state index is 0.169. The first-order chi connectivity index (χ1) is 7.76. The van der Waals surface area contributed by atoms with E-state index in [-0.39, 0.29) is 5.69 Å². The highest BCUT2D eigenvalue weighted by Gasteiger charge is 2.12. The number of imidazole rings is 1. The number of nitroso groups, excluding NO2 is 1. The first-order valence-electron chi connectivity index (χ1n) is 4.63. The van der Waals surface area contributed by atoms with Crippen LogP contribution in [-0.2, 0) is 0 Å². The topological polar surface area (TPSA) is 69.4 Å². The predicted octanol–water partition coefficient (Wildman–Crippen LogP) is 1.98. The van der Waals surface area contributed by atoms with Crippen molar-refractivity contribution in [2.24, 2.45) is 5.18 Å². The molecule has 0 aliphatic rings. The Morgan fingerprint density at radius 1 is 1.44 bits per heavy atom. The van der Waals surface area contributed by atoms with Gasteiger partial charge in [0.2, 0.25) is 0 Å². The third-order valence-electron chi connectivity index (χ3n) is 2.14. The van der Waals surface area contributed by atoms with Gasteiger partial charge >= 0.3 is 0 Å². The van der Waals surface area contributed by atoms with Gasteiger partial charge in [0, 0.05) is 18.5 Å². The minimum Gasteiger partial charge on any atom is -0.494 e. The Hall–Kier alpha value is -2.24. The monoisotopic (exact) mass is 218 g/mol. The molecule has 82 valence electrons. The maximum atomic E-state index is 10.8. The van der Waals surface area contributed by atoms with E-state index >= 15 is 0 Å². The molecule has 0 fully saturated rings. The first kappa shape index (κ1) is 10.3.